The number of nitrogens with zero attached hydrogens (tertiary/aromatic N) is 2. The van der Waals surface area contributed by atoms with Crippen molar-refractivity contribution in [2.75, 3.05) is 31.6 Å². The van der Waals surface area contributed by atoms with E-state index in [-0.39, 0.29) is 11.3 Å². The molecule has 2 aliphatic rings. The molecule has 0 radical (unpaired) electrons. The number of carboxylic acid groups (broad SMARTS) is 2. The summed E-state index contributed by atoms with van der Waals surface area (Å²) in [6, 6.07) is 9.26. The molecule has 2 aromatic rings. The van der Waals surface area contributed by atoms with Crippen LogP contribution in [-0.2, 0) is 15.0 Å². The molecule has 214 valence electrons. The van der Waals surface area contributed by atoms with Crippen LogP contribution in [0.4, 0.5) is 32.0 Å². The number of anilines is 1. The molecule has 0 atom stereocenters. The van der Waals surface area contributed by atoms with Gasteiger partial charge in [-0.2, -0.15) is 26.3 Å². The molecule has 0 aliphatic carbocycles. The summed E-state index contributed by atoms with van der Waals surface area (Å²) in [4.78, 5) is 36.9. The van der Waals surface area contributed by atoms with Crippen molar-refractivity contribution < 1.29 is 55.7 Å². The van der Waals surface area contributed by atoms with Crippen LogP contribution in [0.1, 0.15) is 28.8 Å². The molecule has 3 heterocycles. The van der Waals surface area contributed by atoms with Crippen molar-refractivity contribution in [3.8, 4) is 5.88 Å². The van der Waals surface area contributed by atoms with Gasteiger partial charge in [0.05, 0.1) is 7.11 Å². The lowest BCUT2D eigenvalue weighted by atomic mass is 9.75. The predicted octanol–water partition coefficient (Wildman–Crippen LogP) is 4.29. The average Bonchev–Trinajstić information content (AvgIpc) is 3.16. The Hall–Kier alpha value is -3.59. The molecule has 2 aliphatic heterocycles. The van der Waals surface area contributed by atoms with Crippen LogP contribution < -0.4 is 15.0 Å². The number of carbonyl (C=O) groups excluding carboxylic acids is 1. The largest absolute Gasteiger partial charge is 0.490 e. The molecule has 1 aromatic carbocycles. The summed E-state index contributed by atoms with van der Waals surface area (Å²) in [5.41, 5.74) is 2.72. The third kappa shape index (κ3) is 8.20. The highest BCUT2D eigenvalue weighted by molar-refractivity contribution is 6.30. The third-order valence-electron chi connectivity index (χ3n) is 5.76. The predicted molar refractivity (Wildman–Crippen MR) is 125 cm³/mol. The fraction of sp³-hybridized carbons (Fsp3) is 0.391. The molecule has 1 amide bonds. The molecule has 3 N–H and O–H groups in total. The molecule has 0 saturated carbocycles. The minimum Gasteiger partial charge on any atom is -0.481 e. The Morgan fingerprint density at radius 1 is 1.00 bits per heavy atom. The lowest BCUT2D eigenvalue weighted by molar-refractivity contribution is -0.193. The normalized spacial score (nSPS) is 15.7. The van der Waals surface area contributed by atoms with Gasteiger partial charge in [-0.1, -0.05) is 11.6 Å². The number of aromatic nitrogens is 1. The maximum Gasteiger partial charge on any atom is 0.490 e. The number of carbonyl (C=O) groups is 3. The molecule has 1 saturated heterocycles. The molecule has 1 aromatic heterocycles. The van der Waals surface area contributed by atoms with Crippen LogP contribution in [0.25, 0.3) is 0 Å². The van der Waals surface area contributed by atoms with Gasteiger partial charge in [0, 0.05) is 40.5 Å². The summed E-state index contributed by atoms with van der Waals surface area (Å²) in [5.74, 6) is -5.10. The molecule has 1 spiro atoms. The smallest absolute Gasteiger partial charge is 0.481 e. The average molecular weight is 586 g/mol. The molecule has 4 rings (SSSR count). The molecule has 9 nitrogen and oxygen atoms in total. The minimum absolute atomic E-state index is 0.0156. The van der Waals surface area contributed by atoms with E-state index >= 15 is 0 Å². The Morgan fingerprint density at radius 2 is 1.54 bits per heavy atom. The van der Waals surface area contributed by atoms with Crippen molar-refractivity contribution in [3.63, 3.8) is 0 Å². The zero-order chi connectivity index (χ0) is 29.6. The second kappa shape index (κ2) is 12.5. The Kier molecular flexibility index (Phi) is 10.1. The van der Waals surface area contributed by atoms with Gasteiger partial charge in [0.25, 0.3) is 5.91 Å². The maximum absolute atomic E-state index is 13.2. The van der Waals surface area contributed by atoms with Gasteiger partial charge < -0.3 is 25.2 Å². The molecular formula is C23H22ClF6N3O6. The maximum atomic E-state index is 13.2. The van der Waals surface area contributed by atoms with Gasteiger partial charge in [-0.15, -0.1) is 0 Å². The highest BCUT2D eigenvalue weighted by atomic mass is 35.5. The fourth-order valence-corrected chi connectivity index (χ4v) is 4.14. The number of halogens is 7. The number of hydrogen-bond donors (Lipinski definition) is 3. The van der Waals surface area contributed by atoms with Crippen molar-refractivity contribution in [1.29, 1.82) is 0 Å². The van der Waals surface area contributed by atoms with Crippen LogP contribution in [0.3, 0.4) is 0 Å². The van der Waals surface area contributed by atoms with E-state index in [1.165, 1.54) is 5.56 Å². The first-order valence-corrected chi connectivity index (χ1v) is 11.3. The van der Waals surface area contributed by atoms with Crippen LogP contribution in [0.15, 0.2) is 36.5 Å². The third-order valence-corrected chi connectivity index (χ3v) is 6.00. The van der Waals surface area contributed by atoms with E-state index in [4.69, 9.17) is 36.1 Å². The molecule has 0 unspecified atom stereocenters. The van der Waals surface area contributed by atoms with E-state index in [0.717, 1.165) is 36.6 Å². The number of pyridine rings is 1. The van der Waals surface area contributed by atoms with Crippen LogP contribution >= 0.6 is 11.6 Å². The molecule has 0 bridgehead atoms. The SMILES string of the molecule is COc1cc(C(=O)N2CC3(CCNCC3)c3cc(Cl)ccc32)ccn1.O=C(O)C(F)(F)F.O=C(O)C(F)(F)F. The number of fused-ring (bicyclic) bond motifs is 2. The van der Waals surface area contributed by atoms with E-state index in [1.807, 2.05) is 23.1 Å². The van der Waals surface area contributed by atoms with Crippen molar-refractivity contribution in [2.24, 2.45) is 0 Å². The number of methoxy groups -OCH3 is 1. The first-order chi connectivity index (χ1) is 18.0. The first-order valence-electron chi connectivity index (χ1n) is 10.9. The van der Waals surface area contributed by atoms with Crippen LogP contribution in [-0.4, -0.2) is 72.1 Å². The minimum atomic E-state index is -5.08. The Bertz CT molecular complexity index is 1180. The van der Waals surface area contributed by atoms with Gasteiger partial charge in [-0.3, -0.25) is 4.79 Å². The van der Waals surface area contributed by atoms with Gasteiger partial charge in [0.2, 0.25) is 5.88 Å². The van der Waals surface area contributed by atoms with Gasteiger partial charge in [0.15, 0.2) is 0 Å². The number of hydrogen-bond acceptors (Lipinski definition) is 6. The van der Waals surface area contributed by atoms with E-state index in [9.17, 15) is 31.1 Å². The fourth-order valence-electron chi connectivity index (χ4n) is 3.97. The Morgan fingerprint density at radius 3 is 2.03 bits per heavy atom. The van der Waals surface area contributed by atoms with Crippen LogP contribution in [0.5, 0.6) is 5.88 Å². The monoisotopic (exact) mass is 585 g/mol. The number of rotatable bonds is 2. The lowest BCUT2D eigenvalue weighted by Crippen LogP contribution is -2.44. The summed E-state index contributed by atoms with van der Waals surface area (Å²) in [7, 11) is 1.55. The second-order valence-corrected chi connectivity index (χ2v) is 8.71. The van der Waals surface area contributed by atoms with Crippen molar-refractivity contribution >= 4 is 35.1 Å². The zero-order valence-electron chi connectivity index (χ0n) is 20.1. The van der Waals surface area contributed by atoms with Crippen molar-refractivity contribution in [3.05, 3.63) is 52.7 Å². The van der Waals surface area contributed by atoms with Crippen molar-refractivity contribution in [1.82, 2.24) is 10.3 Å². The van der Waals surface area contributed by atoms with Crippen LogP contribution in [0, 0.1) is 0 Å². The molecule has 1 fully saturated rings. The number of carboxylic acids is 2. The van der Waals surface area contributed by atoms with E-state index < -0.39 is 24.3 Å². The Labute approximate surface area is 222 Å². The number of alkyl halides is 6. The van der Waals surface area contributed by atoms with Crippen LogP contribution in [0.2, 0.25) is 5.02 Å². The van der Waals surface area contributed by atoms with E-state index in [2.05, 4.69) is 10.3 Å². The van der Waals surface area contributed by atoms with E-state index in [0.29, 0.717) is 18.0 Å². The van der Waals surface area contributed by atoms with Gasteiger partial charge >= 0.3 is 24.3 Å². The lowest BCUT2D eigenvalue weighted by Gasteiger charge is -2.34. The second-order valence-electron chi connectivity index (χ2n) is 8.28. The number of amides is 1. The number of benzene rings is 1. The highest BCUT2D eigenvalue weighted by Gasteiger charge is 2.45. The summed E-state index contributed by atoms with van der Waals surface area (Å²) in [5, 5.41) is 18.4. The standard InChI is InChI=1S/C19H20ClN3O2.2C2HF3O2/c1-25-17-10-13(4-7-22-17)18(24)23-12-19(5-8-21-9-6-19)15-11-14(20)2-3-16(15)23;2*3-2(4,5)1(6)7/h2-4,7,10-11,21H,5-6,8-9,12H2,1H3;2*(H,6,7). The molecule has 39 heavy (non-hydrogen) atoms. The summed E-state index contributed by atoms with van der Waals surface area (Å²) in [6.07, 6.45) is -6.56. The summed E-state index contributed by atoms with van der Waals surface area (Å²) >= 11 is 6.27. The zero-order valence-corrected chi connectivity index (χ0v) is 20.8. The molecule has 16 heteroatoms. The van der Waals surface area contributed by atoms with Gasteiger partial charge in [-0.05, 0) is 55.8 Å². The Balaban J connectivity index is 0.000000317. The quantitative estimate of drug-likeness (QED) is 0.445. The van der Waals surface area contributed by atoms with Crippen molar-refractivity contribution in [2.45, 2.75) is 30.6 Å². The number of piperidine rings is 1. The van der Waals surface area contributed by atoms with E-state index in [1.54, 1.807) is 25.4 Å². The first kappa shape index (κ1) is 31.6. The van der Waals surface area contributed by atoms with Gasteiger partial charge in [-0.25, -0.2) is 14.6 Å². The number of ether oxygens (including phenoxy) is 1. The molecular weight excluding hydrogens is 564 g/mol. The highest BCUT2D eigenvalue weighted by Crippen LogP contribution is 2.47. The summed E-state index contributed by atoms with van der Waals surface area (Å²) < 4.78 is 68.6. The number of aliphatic carboxylic acids is 2. The van der Waals surface area contributed by atoms with Gasteiger partial charge in [0.1, 0.15) is 0 Å². The topological polar surface area (TPSA) is 129 Å². The number of nitrogens with one attached hydrogen (secondary N) is 1. The summed E-state index contributed by atoms with van der Waals surface area (Å²) in [6.45, 7) is 2.60.